The van der Waals surface area contributed by atoms with Crippen LogP contribution in [-0.4, -0.2) is 20.7 Å². The molecule has 27 heavy (non-hydrogen) atoms. The molecule has 148 valence electrons. The fourth-order valence-corrected chi connectivity index (χ4v) is 6.95. The summed E-state index contributed by atoms with van der Waals surface area (Å²) in [5.41, 5.74) is 2.93. The predicted molar refractivity (Wildman–Crippen MR) is 114 cm³/mol. The van der Waals surface area contributed by atoms with Gasteiger partial charge >= 0.3 is 0 Å². The van der Waals surface area contributed by atoms with Crippen LogP contribution in [0.15, 0.2) is 24.3 Å². The first kappa shape index (κ1) is 19.4. The van der Waals surface area contributed by atoms with E-state index in [1.165, 1.54) is 12.8 Å². The molecule has 4 atom stereocenters. The molecule has 2 nitrogen and oxygen atoms in total. The number of ketones is 1. The van der Waals surface area contributed by atoms with Crippen LogP contribution in [0, 0.1) is 17.3 Å². The van der Waals surface area contributed by atoms with E-state index in [2.05, 4.69) is 58.1 Å². The number of carbonyl (C=O) groups excluding carboxylic acids is 1. The van der Waals surface area contributed by atoms with Crippen molar-refractivity contribution in [2.45, 2.75) is 83.3 Å². The SMILES string of the molecule is CC(C)(C)[Si](C)(C)OC[C@]12CC[C@@H]3c4ccccc4CC[C@H]3[C@@H]1CCC2=O. The van der Waals surface area contributed by atoms with Gasteiger partial charge in [-0.1, -0.05) is 45.0 Å². The van der Waals surface area contributed by atoms with Gasteiger partial charge in [0.05, 0.1) is 5.41 Å². The average molecular weight is 385 g/mol. The van der Waals surface area contributed by atoms with Crippen LogP contribution in [0.25, 0.3) is 0 Å². The Balaban J connectivity index is 1.60. The third kappa shape index (κ3) is 3.06. The molecular formula is C24H36O2Si. The van der Waals surface area contributed by atoms with Crippen molar-refractivity contribution in [3.8, 4) is 0 Å². The molecule has 4 rings (SSSR count). The summed E-state index contributed by atoms with van der Waals surface area (Å²) >= 11 is 0. The summed E-state index contributed by atoms with van der Waals surface area (Å²) < 4.78 is 6.68. The zero-order valence-corrected chi connectivity index (χ0v) is 18.8. The van der Waals surface area contributed by atoms with E-state index in [0.29, 0.717) is 30.1 Å². The fraction of sp³-hybridized carbons (Fsp3) is 0.708. The van der Waals surface area contributed by atoms with Crippen molar-refractivity contribution in [1.29, 1.82) is 0 Å². The maximum Gasteiger partial charge on any atom is 0.192 e. The van der Waals surface area contributed by atoms with Gasteiger partial charge < -0.3 is 4.43 Å². The van der Waals surface area contributed by atoms with Gasteiger partial charge in [0.2, 0.25) is 0 Å². The van der Waals surface area contributed by atoms with Crippen molar-refractivity contribution in [2.24, 2.45) is 17.3 Å². The lowest BCUT2D eigenvalue weighted by atomic mass is 9.55. The number of hydrogen-bond acceptors (Lipinski definition) is 2. The zero-order valence-electron chi connectivity index (χ0n) is 17.8. The van der Waals surface area contributed by atoms with Crippen LogP contribution in [-0.2, 0) is 15.6 Å². The Morgan fingerprint density at radius 3 is 2.59 bits per heavy atom. The Labute approximate surface area is 166 Å². The van der Waals surface area contributed by atoms with Crippen molar-refractivity contribution >= 4 is 14.1 Å². The Kier molecular flexibility index (Phi) is 4.71. The molecule has 0 saturated heterocycles. The van der Waals surface area contributed by atoms with E-state index < -0.39 is 8.32 Å². The van der Waals surface area contributed by atoms with Crippen molar-refractivity contribution in [2.75, 3.05) is 6.61 Å². The van der Waals surface area contributed by atoms with Crippen LogP contribution in [0.1, 0.15) is 69.9 Å². The Hall–Kier alpha value is -0.933. The van der Waals surface area contributed by atoms with Crippen LogP contribution in [0.5, 0.6) is 0 Å². The van der Waals surface area contributed by atoms with Crippen LogP contribution < -0.4 is 0 Å². The standard InChI is InChI=1S/C24H36O2Si/c1-23(2,3)27(4,5)26-16-24-15-14-19-18-9-7-6-8-17(18)10-11-20(19)21(24)12-13-22(24)25/h6-9,19-21H,10-16H2,1-5H3/t19-,20-,21+,24-/m1/s1. The van der Waals surface area contributed by atoms with Gasteiger partial charge in [-0.3, -0.25) is 4.79 Å². The molecular weight excluding hydrogens is 348 g/mol. The van der Waals surface area contributed by atoms with E-state index in [-0.39, 0.29) is 10.5 Å². The van der Waals surface area contributed by atoms with Gasteiger partial charge in [-0.25, -0.2) is 0 Å². The highest BCUT2D eigenvalue weighted by molar-refractivity contribution is 6.74. The Bertz CT molecular complexity index is 732. The predicted octanol–water partition coefficient (Wildman–Crippen LogP) is 6.11. The summed E-state index contributed by atoms with van der Waals surface area (Å²) in [6.45, 7) is 12.2. The molecule has 1 aromatic rings. The second-order valence-electron chi connectivity index (χ2n) is 10.8. The first-order valence-electron chi connectivity index (χ1n) is 10.9. The third-order valence-corrected chi connectivity index (χ3v) is 13.1. The van der Waals surface area contributed by atoms with E-state index in [4.69, 9.17) is 4.43 Å². The zero-order chi connectivity index (χ0) is 19.4. The van der Waals surface area contributed by atoms with E-state index in [1.54, 1.807) is 11.1 Å². The maximum absolute atomic E-state index is 13.2. The minimum absolute atomic E-state index is 0.191. The highest BCUT2D eigenvalue weighted by atomic mass is 28.4. The molecule has 0 radical (unpaired) electrons. The van der Waals surface area contributed by atoms with E-state index in [0.717, 1.165) is 25.7 Å². The van der Waals surface area contributed by atoms with Gasteiger partial charge in [0, 0.05) is 13.0 Å². The molecule has 2 saturated carbocycles. The van der Waals surface area contributed by atoms with E-state index >= 15 is 0 Å². The number of Topliss-reactive ketones (excluding diaryl/α,β-unsaturated/α-hetero) is 1. The highest BCUT2D eigenvalue weighted by Crippen LogP contribution is 2.60. The third-order valence-electron chi connectivity index (χ3n) is 8.58. The lowest BCUT2D eigenvalue weighted by Crippen LogP contribution is -2.51. The highest BCUT2D eigenvalue weighted by Gasteiger charge is 2.58. The molecule has 0 bridgehead atoms. The number of fused-ring (bicyclic) bond motifs is 5. The summed E-state index contributed by atoms with van der Waals surface area (Å²) in [5, 5.41) is 0.196. The number of benzene rings is 1. The number of carbonyl (C=O) groups is 1. The first-order chi connectivity index (χ1) is 12.7. The maximum atomic E-state index is 13.2. The lowest BCUT2D eigenvalue weighted by Gasteiger charge is -2.50. The summed E-state index contributed by atoms with van der Waals surface area (Å²) in [7, 11) is -1.84. The van der Waals surface area contributed by atoms with Gasteiger partial charge in [0.25, 0.3) is 0 Å². The summed E-state index contributed by atoms with van der Waals surface area (Å²) in [6.07, 6.45) is 6.48. The molecule has 0 aromatic heterocycles. The molecule has 0 aliphatic heterocycles. The molecule has 0 N–H and O–H groups in total. The topological polar surface area (TPSA) is 26.3 Å². The van der Waals surface area contributed by atoms with Crippen LogP contribution >= 0.6 is 0 Å². The van der Waals surface area contributed by atoms with Crippen molar-refractivity contribution in [3.05, 3.63) is 35.4 Å². The van der Waals surface area contributed by atoms with Gasteiger partial charge in [-0.05, 0) is 79.1 Å². The van der Waals surface area contributed by atoms with E-state index in [9.17, 15) is 4.79 Å². The largest absolute Gasteiger partial charge is 0.416 e. The number of hydrogen-bond donors (Lipinski definition) is 0. The Morgan fingerprint density at radius 1 is 1.11 bits per heavy atom. The molecule has 3 aliphatic carbocycles. The first-order valence-corrected chi connectivity index (χ1v) is 13.8. The van der Waals surface area contributed by atoms with Crippen molar-refractivity contribution < 1.29 is 9.22 Å². The molecule has 0 unspecified atom stereocenters. The smallest absolute Gasteiger partial charge is 0.192 e. The summed E-state index contributed by atoms with van der Waals surface area (Å²) in [5.74, 6) is 2.36. The molecule has 0 spiro atoms. The molecule has 3 heteroatoms. The van der Waals surface area contributed by atoms with Gasteiger partial charge in [0.15, 0.2) is 8.32 Å². The average Bonchev–Trinajstić information content (AvgIpc) is 2.96. The van der Waals surface area contributed by atoms with Crippen LogP contribution in [0.2, 0.25) is 18.1 Å². The molecule has 1 aromatic carbocycles. The summed E-state index contributed by atoms with van der Waals surface area (Å²) in [6, 6.07) is 9.04. The van der Waals surface area contributed by atoms with Gasteiger partial charge in [0.1, 0.15) is 5.78 Å². The number of rotatable bonds is 3. The summed E-state index contributed by atoms with van der Waals surface area (Å²) in [4.78, 5) is 13.2. The van der Waals surface area contributed by atoms with Gasteiger partial charge in [-0.15, -0.1) is 0 Å². The van der Waals surface area contributed by atoms with Crippen molar-refractivity contribution in [1.82, 2.24) is 0 Å². The normalized spacial score (nSPS) is 33.4. The van der Waals surface area contributed by atoms with E-state index in [1.807, 2.05) is 0 Å². The monoisotopic (exact) mass is 384 g/mol. The molecule has 0 amide bonds. The molecule has 3 aliphatic rings. The molecule has 0 heterocycles. The second-order valence-corrected chi connectivity index (χ2v) is 15.6. The van der Waals surface area contributed by atoms with Crippen molar-refractivity contribution in [3.63, 3.8) is 0 Å². The van der Waals surface area contributed by atoms with Gasteiger partial charge in [-0.2, -0.15) is 0 Å². The minimum Gasteiger partial charge on any atom is -0.416 e. The van der Waals surface area contributed by atoms with Crippen LogP contribution in [0.3, 0.4) is 0 Å². The fourth-order valence-electron chi connectivity index (χ4n) is 5.89. The second kappa shape index (κ2) is 6.55. The minimum atomic E-state index is -1.84. The quantitative estimate of drug-likeness (QED) is 0.587. The number of aryl methyl sites for hydroxylation is 1. The van der Waals surface area contributed by atoms with Crippen LogP contribution in [0.4, 0.5) is 0 Å². The molecule has 2 fully saturated rings. The Morgan fingerprint density at radius 2 is 1.85 bits per heavy atom. The lowest BCUT2D eigenvalue weighted by molar-refractivity contribution is -0.133.